The molecule has 0 saturated carbocycles. The Morgan fingerprint density at radius 2 is 2.00 bits per heavy atom. The van der Waals surface area contributed by atoms with E-state index in [1.54, 1.807) is 0 Å². The van der Waals surface area contributed by atoms with E-state index < -0.39 is 0 Å². The van der Waals surface area contributed by atoms with Gasteiger partial charge in [-0.1, -0.05) is 13.8 Å². The summed E-state index contributed by atoms with van der Waals surface area (Å²) < 4.78 is 5.82. The Balaban J connectivity index is 2.50. The Kier molecular flexibility index (Phi) is 4.56. The summed E-state index contributed by atoms with van der Waals surface area (Å²) in [6.07, 6.45) is 3.49. The molecule has 78 valence electrons. The summed E-state index contributed by atoms with van der Waals surface area (Å²) in [6.45, 7) is 7.16. The molecule has 2 nitrogen and oxygen atoms in total. The maximum absolute atomic E-state index is 5.67. The Bertz CT molecular complexity index is 138. The van der Waals surface area contributed by atoms with E-state index in [4.69, 9.17) is 10.5 Å². The molecule has 1 fully saturated rings. The Morgan fingerprint density at radius 3 is 2.46 bits per heavy atom. The molecule has 2 N–H and O–H groups in total. The van der Waals surface area contributed by atoms with E-state index in [-0.39, 0.29) is 0 Å². The van der Waals surface area contributed by atoms with Crippen molar-refractivity contribution in [2.45, 2.75) is 43.1 Å². The van der Waals surface area contributed by atoms with Gasteiger partial charge < -0.3 is 10.5 Å². The molecule has 1 heterocycles. The molecule has 3 heteroatoms. The van der Waals surface area contributed by atoms with Gasteiger partial charge in [-0.15, -0.1) is 0 Å². The van der Waals surface area contributed by atoms with Gasteiger partial charge in [0.15, 0.2) is 0 Å². The number of hydrogen-bond donors (Lipinski definition) is 1. The molecule has 1 saturated heterocycles. The van der Waals surface area contributed by atoms with Crippen molar-refractivity contribution in [3.8, 4) is 0 Å². The molecule has 1 aliphatic rings. The highest BCUT2D eigenvalue weighted by molar-refractivity contribution is 8.01. The van der Waals surface area contributed by atoms with Gasteiger partial charge >= 0.3 is 0 Å². The second-order valence-electron chi connectivity index (χ2n) is 4.00. The molecule has 0 aromatic carbocycles. The van der Waals surface area contributed by atoms with Crippen molar-refractivity contribution in [1.29, 1.82) is 0 Å². The second-order valence-corrected chi connectivity index (χ2v) is 6.05. The van der Waals surface area contributed by atoms with Gasteiger partial charge in [-0.3, -0.25) is 0 Å². The summed E-state index contributed by atoms with van der Waals surface area (Å²) in [6, 6.07) is 0. The highest BCUT2D eigenvalue weighted by Crippen LogP contribution is 2.40. The van der Waals surface area contributed by atoms with Gasteiger partial charge in [-0.05, 0) is 31.1 Å². The molecule has 0 spiro atoms. The van der Waals surface area contributed by atoms with Gasteiger partial charge in [0, 0.05) is 18.0 Å². The summed E-state index contributed by atoms with van der Waals surface area (Å²) >= 11 is 2.09. The van der Waals surface area contributed by atoms with Crippen LogP contribution >= 0.6 is 11.8 Å². The van der Waals surface area contributed by atoms with Gasteiger partial charge in [0.2, 0.25) is 0 Å². The van der Waals surface area contributed by atoms with Gasteiger partial charge in [-0.2, -0.15) is 11.8 Å². The van der Waals surface area contributed by atoms with Crippen molar-refractivity contribution >= 4 is 11.8 Å². The first kappa shape index (κ1) is 11.3. The maximum Gasteiger partial charge on any atom is 0.0479 e. The van der Waals surface area contributed by atoms with E-state index in [1.165, 1.54) is 12.8 Å². The van der Waals surface area contributed by atoms with Crippen LogP contribution in [-0.2, 0) is 4.74 Å². The van der Waals surface area contributed by atoms with Crippen LogP contribution in [0.1, 0.15) is 33.1 Å². The van der Waals surface area contributed by atoms with Crippen molar-refractivity contribution in [3.05, 3.63) is 0 Å². The number of nitrogens with two attached hydrogens (primary N) is 1. The predicted octanol–water partition coefficient (Wildman–Crippen LogP) is 2.03. The molecule has 13 heavy (non-hydrogen) atoms. The van der Waals surface area contributed by atoms with E-state index in [9.17, 15) is 0 Å². The first-order valence-electron chi connectivity index (χ1n) is 5.14. The first-order chi connectivity index (χ1) is 6.18. The number of ether oxygens (including phenoxy) is 1. The zero-order valence-corrected chi connectivity index (χ0v) is 9.53. The number of rotatable bonds is 4. The molecule has 0 bridgehead atoms. The molecule has 1 rings (SSSR count). The number of hydrogen-bond acceptors (Lipinski definition) is 3. The minimum atomic E-state index is 0.418. The molecule has 0 atom stereocenters. The molecule has 0 aromatic heterocycles. The fourth-order valence-electron chi connectivity index (χ4n) is 1.93. The van der Waals surface area contributed by atoms with Crippen molar-refractivity contribution < 1.29 is 4.74 Å². The van der Waals surface area contributed by atoms with Crippen molar-refractivity contribution in [2.75, 3.05) is 19.8 Å². The zero-order chi connectivity index (χ0) is 9.73. The van der Waals surface area contributed by atoms with Crippen LogP contribution in [0.4, 0.5) is 0 Å². The quantitative estimate of drug-likeness (QED) is 0.759. The highest BCUT2D eigenvalue weighted by Gasteiger charge is 2.32. The van der Waals surface area contributed by atoms with E-state index in [0.29, 0.717) is 10.00 Å². The Labute approximate surface area is 85.6 Å². The monoisotopic (exact) mass is 203 g/mol. The van der Waals surface area contributed by atoms with Crippen LogP contribution in [0.2, 0.25) is 0 Å². The predicted molar refractivity (Wildman–Crippen MR) is 59.2 cm³/mol. The van der Waals surface area contributed by atoms with Crippen LogP contribution in [0.3, 0.4) is 0 Å². The molecule has 0 aromatic rings. The lowest BCUT2D eigenvalue weighted by Gasteiger charge is -2.37. The fourth-order valence-corrected chi connectivity index (χ4v) is 3.57. The molecule has 1 aliphatic heterocycles. The van der Waals surface area contributed by atoms with Gasteiger partial charge in [-0.25, -0.2) is 0 Å². The highest BCUT2D eigenvalue weighted by atomic mass is 32.2. The Morgan fingerprint density at radius 1 is 1.38 bits per heavy atom. The zero-order valence-electron chi connectivity index (χ0n) is 8.71. The molecular weight excluding hydrogens is 182 g/mol. The lowest BCUT2D eigenvalue weighted by atomic mass is 9.95. The third-order valence-corrected chi connectivity index (χ3v) is 4.07. The standard InChI is InChI=1S/C10H21NOS/c1-9(2)13-10(3-6-11)4-7-12-8-5-10/h9H,3-8,11H2,1-2H3. The second kappa shape index (κ2) is 5.23. The smallest absolute Gasteiger partial charge is 0.0479 e. The van der Waals surface area contributed by atoms with Crippen molar-refractivity contribution in [1.82, 2.24) is 0 Å². The maximum atomic E-state index is 5.67. The lowest BCUT2D eigenvalue weighted by Crippen LogP contribution is -2.36. The molecular formula is C10H21NOS. The third-order valence-electron chi connectivity index (χ3n) is 2.49. The largest absolute Gasteiger partial charge is 0.381 e. The van der Waals surface area contributed by atoms with Crippen LogP contribution in [0.5, 0.6) is 0 Å². The van der Waals surface area contributed by atoms with Crippen LogP contribution in [0, 0.1) is 0 Å². The van der Waals surface area contributed by atoms with E-state index in [0.717, 1.165) is 26.2 Å². The van der Waals surface area contributed by atoms with Crippen LogP contribution in [0.25, 0.3) is 0 Å². The van der Waals surface area contributed by atoms with Crippen LogP contribution in [-0.4, -0.2) is 29.8 Å². The van der Waals surface area contributed by atoms with E-state index >= 15 is 0 Å². The topological polar surface area (TPSA) is 35.2 Å². The number of thioether (sulfide) groups is 1. The molecule has 0 radical (unpaired) electrons. The third kappa shape index (κ3) is 3.49. The molecule has 0 unspecified atom stereocenters. The van der Waals surface area contributed by atoms with Crippen molar-refractivity contribution in [2.24, 2.45) is 5.73 Å². The van der Waals surface area contributed by atoms with Gasteiger partial charge in [0.25, 0.3) is 0 Å². The average Bonchev–Trinajstić information content (AvgIpc) is 2.04. The van der Waals surface area contributed by atoms with Crippen molar-refractivity contribution in [3.63, 3.8) is 0 Å². The SMILES string of the molecule is CC(C)SC1(CCN)CCOCC1. The minimum absolute atomic E-state index is 0.418. The first-order valence-corrected chi connectivity index (χ1v) is 6.02. The molecule has 0 aliphatic carbocycles. The van der Waals surface area contributed by atoms with Crippen LogP contribution in [0.15, 0.2) is 0 Å². The Hall–Kier alpha value is 0.270. The summed E-state index contributed by atoms with van der Waals surface area (Å²) in [7, 11) is 0. The summed E-state index contributed by atoms with van der Waals surface area (Å²) in [5, 5.41) is 0.699. The van der Waals surface area contributed by atoms with Crippen LogP contribution < -0.4 is 5.73 Å². The summed E-state index contributed by atoms with van der Waals surface area (Å²) in [5.41, 5.74) is 5.67. The van der Waals surface area contributed by atoms with E-state index in [1.807, 2.05) is 0 Å². The fraction of sp³-hybridized carbons (Fsp3) is 1.00. The average molecular weight is 203 g/mol. The minimum Gasteiger partial charge on any atom is -0.381 e. The molecule has 0 amide bonds. The summed E-state index contributed by atoms with van der Waals surface area (Å²) in [4.78, 5) is 0. The van der Waals surface area contributed by atoms with E-state index in [2.05, 4.69) is 25.6 Å². The van der Waals surface area contributed by atoms with Gasteiger partial charge in [0.05, 0.1) is 0 Å². The van der Waals surface area contributed by atoms with Gasteiger partial charge in [0.1, 0.15) is 0 Å². The summed E-state index contributed by atoms with van der Waals surface area (Å²) in [5.74, 6) is 0. The lowest BCUT2D eigenvalue weighted by molar-refractivity contribution is 0.0757. The normalized spacial score (nSPS) is 22.2.